The van der Waals surface area contributed by atoms with Gasteiger partial charge in [0.1, 0.15) is 0 Å². The van der Waals surface area contributed by atoms with Crippen LogP contribution >= 0.6 is 22.9 Å². The Morgan fingerprint density at radius 1 is 1.13 bits per heavy atom. The molecular formula is C21H22ClN3O4S2. The van der Waals surface area contributed by atoms with Crippen LogP contribution in [0.4, 0.5) is 0 Å². The molecule has 3 aromatic rings. The van der Waals surface area contributed by atoms with Crippen molar-refractivity contribution in [2.24, 2.45) is 12.0 Å². The molecule has 164 valence electrons. The van der Waals surface area contributed by atoms with Gasteiger partial charge in [-0.3, -0.25) is 4.79 Å². The zero-order valence-electron chi connectivity index (χ0n) is 17.3. The Balaban J connectivity index is 1.60. The van der Waals surface area contributed by atoms with Crippen LogP contribution in [0.15, 0.2) is 52.4 Å². The molecular weight excluding hydrogens is 458 g/mol. The van der Waals surface area contributed by atoms with Crippen molar-refractivity contribution in [2.75, 3.05) is 13.1 Å². The van der Waals surface area contributed by atoms with Gasteiger partial charge in [-0.25, -0.2) is 8.42 Å². The molecule has 0 saturated carbocycles. The molecule has 1 aliphatic rings. The summed E-state index contributed by atoms with van der Waals surface area (Å²) in [6, 6.07) is 11.4. The summed E-state index contributed by atoms with van der Waals surface area (Å²) in [4.78, 5) is 17.6. The van der Waals surface area contributed by atoms with E-state index in [1.54, 1.807) is 6.07 Å². The summed E-state index contributed by atoms with van der Waals surface area (Å²) < 4.78 is 35.7. The highest BCUT2D eigenvalue weighted by Gasteiger charge is 2.32. The van der Waals surface area contributed by atoms with Gasteiger partial charge in [0.15, 0.2) is 4.80 Å². The van der Waals surface area contributed by atoms with Crippen LogP contribution in [0.5, 0.6) is 0 Å². The minimum Gasteiger partial charge on any atom is -0.373 e. The third-order valence-corrected chi connectivity index (χ3v) is 8.27. The van der Waals surface area contributed by atoms with Crippen LogP contribution in [0.3, 0.4) is 0 Å². The number of halogens is 1. The van der Waals surface area contributed by atoms with E-state index in [0.717, 1.165) is 10.2 Å². The molecule has 0 N–H and O–H groups in total. The van der Waals surface area contributed by atoms with Crippen molar-refractivity contribution in [3.05, 3.63) is 57.9 Å². The van der Waals surface area contributed by atoms with E-state index in [1.807, 2.05) is 37.6 Å². The topological polar surface area (TPSA) is 81.0 Å². The molecule has 4 rings (SSSR count). The molecule has 2 heterocycles. The van der Waals surface area contributed by atoms with Crippen LogP contribution in [-0.2, 0) is 21.8 Å². The van der Waals surface area contributed by atoms with Crippen LogP contribution in [0.2, 0.25) is 5.02 Å². The van der Waals surface area contributed by atoms with Gasteiger partial charge in [-0.15, -0.1) is 0 Å². The summed E-state index contributed by atoms with van der Waals surface area (Å²) in [6.07, 6.45) is -0.342. The Hall–Kier alpha value is -2.04. The lowest BCUT2D eigenvalue weighted by Crippen LogP contribution is -2.48. The van der Waals surface area contributed by atoms with Crippen LogP contribution in [-0.4, -0.2) is 48.5 Å². The van der Waals surface area contributed by atoms with Crippen LogP contribution in [0.1, 0.15) is 24.2 Å². The molecule has 31 heavy (non-hydrogen) atoms. The van der Waals surface area contributed by atoms with Gasteiger partial charge in [-0.2, -0.15) is 9.30 Å². The Bertz CT molecular complexity index is 1300. The number of aryl methyl sites for hydroxylation is 1. The number of nitrogens with zero attached hydrogens (tertiary/aromatic N) is 3. The molecule has 2 aromatic carbocycles. The fourth-order valence-corrected chi connectivity index (χ4v) is 6.49. The summed E-state index contributed by atoms with van der Waals surface area (Å²) in [5, 5.41) is 0.619. The van der Waals surface area contributed by atoms with Gasteiger partial charge in [0.25, 0.3) is 5.91 Å². The van der Waals surface area contributed by atoms with E-state index in [9.17, 15) is 13.2 Å². The van der Waals surface area contributed by atoms with E-state index >= 15 is 0 Å². The number of fused-ring (bicyclic) bond motifs is 1. The van der Waals surface area contributed by atoms with Gasteiger partial charge >= 0.3 is 0 Å². The second-order valence-corrected chi connectivity index (χ2v) is 11.0. The first-order valence-electron chi connectivity index (χ1n) is 9.75. The number of hydrogen-bond acceptors (Lipinski definition) is 5. The first-order chi connectivity index (χ1) is 14.6. The van der Waals surface area contributed by atoms with Crippen molar-refractivity contribution in [3.63, 3.8) is 0 Å². The van der Waals surface area contributed by atoms with Crippen molar-refractivity contribution >= 4 is 49.1 Å². The number of thiazole rings is 1. The molecule has 2 atom stereocenters. The predicted octanol–water partition coefficient (Wildman–Crippen LogP) is 3.43. The number of ether oxygens (including phenoxy) is 1. The quantitative estimate of drug-likeness (QED) is 0.576. The third kappa shape index (κ3) is 4.47. The lowest BCUT2D eigenvalue weighted by Gasteiger charge is -2.34. The number of rotatable bonds is 3. The SMILES string of the molecule is CC1CN(S(=O)(=O)c2ccc(C(=O)N=c3sc4cc(Cl)ccc4n3C)cc2)CC(C)O1. The molecule has 1 amide bonds. The molecule has 1 fully saturated rings. The van der Waals surface area contributed by atoms with E-state index in [2.05, 4.69) is 4.99 Å². The highest BCUT2D eigenvalue weighted by atomic mass is 35.5. The first kappa shape index (κ1) is 22.2. The van der Waals surface area contributed by atoms with Crippen molar-refractivity contribution < 1.29 is 17.9 Å². The monoisotopic (exact) mass is 479 g/mol. The van der Waals surface area contributed by atoms with E-state index in [-0.39, 0.29) is 17.1 Å². The van der Waals surface area contributed by atoms with E-state index in [4.69, 9.17) is 16.3 Å². The smallest absolute Gasteiger partial charge is 0.279 e. The van der Waals surface area contributed by atoms with Gasteiger partial charge in [-0.05, 0) is 56.3 Å². The second-order valence-electron chi connectivity index (χ2n) is 7.58. The molecule has 0 spiro atoms. The molecule has 0 aliphatic carbocycles. The summed E-state index contributed by atoms with van der Waals surface area (Å²) in [7, 11) is -1.83. The van der Waals surface area contributed by atoms with Crippen molar-refractivity contribution in [2.45, 2.75) is 31.0 Å². The highest BCUT2D eigenvalue weighted by molar-refractivity contribution is 7.89. The van der Waals surface area contributed by atoms with Gasteiger partial charge in [0.2, 0.25) is 10.0 Å². The van der Waals surface area contributed by atoms with Gasteiger partial charge in [0.05, 0.1) is 27.3 Å². The minimum atomic E-state index is -3.66. The van der Waals surface area contributed by atoms with Gasteiger partial charge < -0.3 is 9.30 Å². The Labute approximate surface area is 189 Å². The number of carbonyl (C=O) groups excluding carboxylic acids is 1. The lowest BCUT2D eigenvalue weighted by molar-refractivity contribution is -0.0440. The third-order valence-electron chi connectivity index (χ3n) is 5.09. The second kappa shape index (κ2) is 8.48. The Morgan fingerprint density at radius 2 is 1.77 bits per heavy atom. The van der Waals surface area contributed by atoms with Crippen LogP contribution < -0.4 is 4.80 Å². The number of hydrogen-bond donors (Lipinski definition) is 0. The largest absolute Gasteiger partial charge is 0.373 e. The number of aromatic nitrogens is 1. The fraction of sp³-hybridized carbons (Fsp3) is 0.333. The summed E-state index contributed by atoms with van der Waals surface area (Å²) in [5.41, 5.74) is 1.24. The predicted molar refractivity (Wildman–Crippen MR) is 121 cm³/mol. The molecule has 1 aliphatic heterocycles. The number of benzene rings is 2. The van der Waals surface area contributed by atoms with Crippen LogP contribution in [0.25, 0.3) is 10.2 Å². The van der Waals surface area contributed by atoms with Crippen LogP contribution in [0, 0.1) is 0 Å². The van der Waals surface area contributed by atoms with E-state index in [0.29, 0.717) is 28.5 Å². The number of morpholine rings is 1. The Kier molecular flexibility index (Phi) is 6.06. The standard InChI is InChI=1S/C21H22ClN3O4S2/c1-13-11-25(12-14(2)29-13)31(27,28)17-7-4-15(5-8-17)20(26)23-21-24(3)18-9-6-16(22)10-19(18)30-21/h4-10,13-14H,11-12H2,1-3H3. The number of sulfonamides is 1. The van der Waals surface area contributed by atoms with Gasteiger partial charge in [0, 0.05) is 30.7 Å². The maximum absolute atomic E-state index is 13.0. The lowest BCUT2D eigenvalue weighted by atomic mass is 10.2. The molecule has 1 saturated heterocycles. The molecule has 7 nitrogen and oxygen atoms in total. The maximum Gasteiger partial charge on any atom is 0.279 e. The zero-order chi connectivity index (χ0) is 22.3. The summed E-state index contributed by atoms with van der Waals surface area (Å²) >= 11 is 7.41. The maximum atomic E-state index is 13.0. The van der Waals surface area contributed by atoms with Gasteiger partial charge in [-0.1, -0.05) is 22.9 Å². The highest BCUT2D eigenvalue weighted by Crippen LogP contribution is 2.23. The molecule has 2 unspecified atom stereocenters. The summed E-state index contributed by atoms with van der Waals surface area (Å²) in [5.74, 6) is -0.439. The minimum absolute atomic E-state index is 0.146. The number of amides is 1. The van der Waals surface area contributed by atoms with E-state index in [1.165, 1.54) is 39.9 Å². The van der Waals surface area contributed by atoms with Crippen molar-refractivity contribution in [1.82, 2.24) is 8.87 Å². The molecule has 10 heteroatoms. The Morgan fingerprint density at radius 3 is 2.42 bits per heavy atom. The fourth-order valence-electron chi connectivity index (χ4n) is 3.61. The van der Waals surface area contributed by atoms with Crippen molar-refractivity contribution in [1.29, 1.82) is 0 Å². The normalized spacial score (nSPS) is 21.0. The first-order valence-corrected chi connectivity index (χ1v) is 12.4. The average Bonchev–Trinajstić information content (AvgIpc) is 3.01. The summed E-state index contributed by atoms with van der Waals surface area (Å²) in [6.45, 7) is 4.30. The van der Waals surface area contributed by atoms with E-state index < -0.39 is 15.9 Å². The zero-order valence-corrected chi connectivity index (χ0v) is 19.7. The van der Waals surface area contributed by atoms with Crippen molar-refractivity contribution in [3.8, 4) is 0 Å². The molecule has 1 aromatic heterocycles. The molecule has 0 bridgehead atoms. The average molecular weight is 480 g/mol. The molecule has 0 radical (unpaired) electrons. The number of carbonyl (C=O) groups is 1.